The molecule has 0 aliphatic rings. The van der Waals surface area contributed by atoms with E-state index in [0.29, 0.717) is 11.7 Å². The van der Waals surface area contributed by atoms with Crippen molar-refractivity contribution in [2.24, 2.45) is 0 Å². The number of anilines is 1. The van der Waals surface area contributed by atoms with Gasteiger partial charge in [-0.05, 0) is 62.1 Å². The molecule has 0 saturated carbocycles. The summed E-state index contributed by atoms with van der Waals surface area (Å²) in [4.78, 5) is 14.2. The molecule has 0 N–H and O–H groups in total. The van der Waals surface area contributed by atoms with Crippen LogP contribution in [0.3, 0.4) is 0 Å². The van der Waals surface area contributed by atoms with Gasteiger partial charge in [-0.15, -0.1) is 0 Å². The fraction of sp³-hybridized carbons (Fsp3) is 0.381. The van der Waals surface area contributed by atoms with Crippen LogP contribution in [-0.4, -0.2) is 18.9 Å². The molecule has 1 atom stereocenters. The molecule has 2 aromatic carbocycles. The largest absolute Gasteiger partial charge is 0.515 e. The molecule has 0 aromatic heterocycles. The number of hydrogen-bond acceptors (Lipinski definition) is 4. The first-order chi connectivity index (χ1) is 11.9. The van der Waals surface area contributed by atoms with Gasteiger partial charge in [0.1, 0.15) is 5.75 Å². The highest BCUT2D eigenvalue weighted by molar-refractivity contribution is 5.65. The van der Waals surface area contributed by atoms with E-state index < -0.39 is 12.4 Å². The molecule has 134 valence electrons. The van der Waals surface area contributed by atoms with Crippen molar-refractivity contribution in [3.05, 3.63) is 59.7 Å². The van der Waals surface area contributed by atoms with Crippen LogP contribution in [-0.2, 0) is 4.74 Å². The van der Waals surface area contributed by atoms with Gasteiger partial charge in [0.05, 0.1) is 0 Å². The maximum atomic E-state index is 12.2. The molecule has 4 heteroatoms. The molecule has 0 saturated heterocycles. The number of nitrogens with zero attached hydrogens (tertiary/aromatic N) is 1. The summed E-state index contributed by atoms with van der Waals surface area (Å²) in [5.74, 6) is 0.884. The van der Waals surface area contributed by atoms with E-state index in [4.69, 9.17) is 9.47 Å². The summed E-state index contributed by atoms with van der Waals surface area (Å²) < 4.78 is 10.9. The number of aryl methyl sites for hydroxylation is 1. The fourth-order valence-corrected chi connectivity index (χ4v) is 2.76. The van der Waals surface area contributed by atoms with Crippen molar-refractivity contribution in [1.82, 2.24) is 0 Å². The van der Waals surface area contributed by atoms with Gasteiger partial charge < -0.3 is 14.4 Å². The number of ether oxygens (including phenoxy) is 2. The summed E-state index contributed by atoms with van der Waals surface area (Å²) in [6, 6.07) is 15.7. The molecule has 0 spiro atoms. The molecule has 25 heavy (non-hydrogen) atoms. The molecular formula is C21H27NO3. The predicted octanol–water partition coefficient (Wildman–Crippen LogP) is 5.51. The Hall–Kier alpha value is -2.49. The van der Waals surface area contributed by atoms with Crippen molar-refractivity contribution in [3.63, 3.8) is 0 Å². The van der Waals surface area contributed by atoms with Gasteiger partial charge in [0.15, 0.2) is 6.23 Å². The van der Waals surface area contributed by atoms with Crippen LogP contribution < -0.4 is 9.64 Å². The van der Waals surface area contributed by atoms with E-state index >= 15 is 0 Å². The minimum absolute atomic E-state index is 0.367. The lowest BCUT2D eigenvalue weighted by molar-refractivity contribution is 0.0645. The standard InChI is InChI=1S/C21H27NO3/c1-6-22(19-10-8-7-9-11-19)17(5)24-21(23)25-20-13-16(4)12-18(14-20)15(2)3/h7-15,17H,6H2,1-5H3. The molecule has 0 aliphatic carbocycles. The number of hydrogen-bond donors (Lipinski definition) is 0. The van der Waals surface area contributed by atoms with Gasteiger partial charge >= 0.3 is 6.16 Å². The van der Waals surface area contributed by atoms with Gasteiger partial charge in [-0.1, -0.05) is 38.1 Å². The molecular weight excluding hydrogens is 314 g/mol. The molecule has 0 bridgehead atoms. The lowest BCUT2D eigenvalue weighted by atomic mass is 10.0. The van der Waals surface area contributed by atoms with Crippen LogP contribution in [0.25, 0.3) is 0 Å². The molecule has 0 radical (unpaired) electrons. The second kappa shape index (κ2) is 8.56. The van der Waals surface area contributed by atoms with Gasteiger partial charge in [0, 0.05) is 12.2 Å². The van der Waals surface area contributed by atoms with E-state index in [0.717, 1.165) is 23.4 Å². The van der Waals surface area contributed by atoms with E-state index in [1.165, 1.54) is 0 Å². The third kappa shape index (κ3) is 5.24. The van der Waals surface area contributed by atoms with Gasteiger partial charge in [-0.3, -0.25) is 0 Å². The zero-order valence-corrected chi connectivity index (χ0v) is 15.7. The zero-order valence-electron chi connectivity index (χ0n) is 15.7. The first-order valence-corrected chi connectivity index (χ1v) is 8.72. The quantitative estimate of drug-likeness (QED) is 0.395. The highest BCUT2D eigenvalue weighted by atomic mass is 16.7. The lowest BCUT2D eigenvalue weighted by Crippen LogP contribution is -2.37. The minimum atomic E-state index is -0.692. The van der Waals surface area contributed by atoms with E-state index in [2.05, 4.69) is 19.9 Å². The van der Waals surface area contributed by atoms with E-state index in [-0.39, 0.29) is 0 Å². The van der Waals surface area contributed by atoms with E-state index in [1.807, 2.05) is 68.1 Å². The van der Waals surface area contributed by atoms with Crippen molar-refractivity contribution in [2.45, 2.75) is 46.8 Å². The fourth-order valence-electron chi connectivity index (χ4n) is 2.76. The Morgan fingerprint density at radius 2 is 1.76 bits per heavy atom. The summed E-state index contributed by atoms with van der Waals surface area (Å²) in [5.41, 5.74) is 3.19. The maximum absolute atomic E-state index is 12.2. The molecule has 0 fully saturated rings. The Kier molecular flexibility index (Phi) is 6.45. The van der Waals surface area contributed by atoms with Crippen molar-refractivity contribution in [1.29, 1.82) is 0 Å². The maximum Gasteiger partial charge on any atom is 0.515 e. The highest BCUT2D eigenvalue weighted by Gasteiger charge is 2.18. The monoisotopic (exact) mass is 341 g/mol. The average Bonchev–Trinajstić information content (AvgIpc) is 2.55. The Labute approximate surface area is 150 Å². The van der Waals surface area contributed by atoms with Crippen LogP contribution in [0.1, 0.15) is 44.7 Å². The molecule has 1 unspecified atom stereocenters. The Balaban J connectivity index is 2.04. The molecule has 0 heterocycles. The Morgan fingerprint density at radius 1 is 1.08 bits per heavy atom. The summed E-state index contributed by atoms with van der Waals surface area (Å²) >= 11 is 0. The Bertz CT molecular complexity index is 698. The normalized spacial score (nSPS) is 11.9. The third-order valence-electron chi connectivity index (χ3n) is 4.08. The van der Waals surface area contributed by atoms with Crippen LogP contribution >= 0.6 is 0 Å². The number of carbonyl (C=O) groups is 1. The van der Waals surface area contributed by atoms with Crippen LogP contribution in [0.5, 0.6) is 5.75 Å². The molecule has 2 rings (SSSR count). The first kappa shape index (κ1) is 18.8. The lowest BCUT2D eigenvalue weighted by Gasteiger charge is -2.29. The van der Waals surface area contributed by atoms with Gasteiger partial charge in [-0.25, -0.2) is 4.79 Å². The van der Waals surface area contributed by atoms with Crippen LogP contribution in [0.15, 0.2) is 48.5 Å². The summed E-state index contributed by atoms with van der Waals surface area (Å²) in [6.45, 7) is 10.8. The van der Waals surface area contributed by atoms with Crippen molar-refractivity contribution >= 4 is 11.8 Å². The summed E-state index contributed by atoms with van der Waals surface area (Å²) in [5, 5.41) is 0. The number of benzene rings is 2. The molecule has 2 aromatic rings. The number of rotatable bonds is 6. The number of carbonyl (C=O) groups excluding carboxylic acids is 1. The number of para-hydroxylation sites is 1. The van der Waals surface area contributed by atoms with Crippen LogP contribution in [0.2, 0.25) is 0 Å². The molecule has 4 nitrogen and oxygen atoms in total. The molecule has 0 amide bonds. The van der Waals surface area contributed by atoms with Crippen LogP contribution in [0, 0.1) is 6.92 Å². The van der Waals surface area contributed by atoms with Crippen molar-refractivity contribution in [3.8, 4) is 5.75 Å². The average molecular weight is 341 g/mol. The van der Waals surface area contributed by atoms with Gasteiger partial charge in [0.25, 0.3) is 0 Å². The molecule has 0 aliphatic heterocycles. The zero-order chi connectivity index (χ0) is 18.4. The van der Waals surface area contributed by atoms with Crippen molar-refractivity contribution < 1.29 is 14.3 Å². The van der Waals surface area contributed by atoms with Gasteiger partial charge in [0.2, 0.25) is 0 Å². The summed E-state index contributed by atoms with van der Waals surface area (Å²) in [6.07, 6.45) is -1.11. The van der Waals surface area contributed by atoms with Crippen molar-refractivity contribution in [2.75, 3.05) is 11.4 Å². The minimum Gasteiger partial charge on any atom is -0.410 e. The van der Waals surface area contributed by atoms with E-state index in [1.54, 1.807) is 0 Å². The highest BCUT2D eigenvalue weighted by Crippen LogP contribution is 2.23. The van der Waals surface area contributed by atoms with E-state index in [9.17, 15) is 4.79 Å². The topological polar surface area (TPSA) is 38.8 Å². The Morgan fingerprint density at radius 3 is 2.36 bits per heavy atom. The summed E-state index contributed by atoms with van der Waals surface area (Å²) in [7, 11) is 0. The first-order valence-electron chi connectivity index (χ1n) is 8.72. The second-order valence-corrected chi connectivity index (χ2v) is 6.42. The smallest absolute Gasteiger partial charge is 0.410 e. The third-order valence-corrected chi connectivity index (χ3v) is 4.08. The second-order valence-electron chi connectivity index (χ2n) is 6.42. The predicted molar refractivity (Wildman–Crippen MR) is 101 cm³/mol. The van der Waals surface area contributed by atoms with Gasteiger partial charge in [-0.2, -0.15) is 0 Å². The van der Waals surface area contributed by atoms with Crippen LogP contribution in [0.4, 0.5) is 10.5 Å². The SMILES string of the molecule is CCN(c1ccccc1)C(C)OC(=O)Oc1cc(C)cc(C(C)C)c1.